The minimum atomic E-state index is -0.501. The molecule has 0 saturated heterocycles. The Morgan fingerprint density at radius 1 is 1.14 bits per heavy atom. The Kier molecular flexibility index (Phi) is 4.58. The maximum atomic E-state index is 12.2. The number of nitrogens with zero attached hydrogens (tertiary/aromatic N) is 1. The van der Waals surface area contributed by atoms with Crippen molar-refractivity contribution in [3.8, 4) is 5.69 Å². The predicted molar refractivity (Wildman–Crippen MR) is 89.0 cm³/mol. The van der Waals surface area contributed by atoms with E-state index in [-0.39, 0.29) is 5.78 Å². The van der Waals surface area contributed by atoms with Crippen molar-refractivity contribution in [3.05, 3.63) is 52.8 Å². The summed E-state index contributed by atoms with van der Waals surface area (Å²) in [5.41, 5.74) is 5.15. The van der Waals surface area contributed by atoms with Crippen LogP contribution in [0.5, 0.6) is 0 Å². The van der Waals surface area contributed by atoms with Gasteiger partial charge in [-0.3, -0.25) is 4.79 Å². The summed E-state index contributed by atoms with van der Waals surface area (Å²) in [6, 6.07) is 10.3. The summed E-state index contributed by atoms with van der Waals surface area (Å²) in [5.74, 6) is 0.409. The second-order valence-corrected chi connectivity index (χ2v) is 6.47. The number of Topliss-reactive ketones (excluding diaryl/α,β-unsaturated/α-hetero) is 1. The van der Waals surface area contributed by atoms with Gasteiger partial charge in [0, 0.05) is 22.6 Å². The van der Waals surface area contributed by atoms with E-state index in [1.54, 1.807) is 6.92 Å². The van der Waals surface area contributed by atoms with E-state index in [1.165, 1.54) is 5.56 Å². The Hall–Kier alpha value is -1.54. The van der Waals surface area contributed by atoms with Crippen LogP contribution in [-0.4, -0.2) is 15.7 Å². The smallest absolute Gasteiger partial charge is 0.182 e. The molecule has 1 aromatic heterocycles. The summed E-state index contributed by atoms with van der Waals surface area (Å²) in [7, 11) is 0. The van der Waals surface area contributed by atoms with Crippen molar-refractivity contribution >= 4 is 17.4 Å². The number of carbonyl (C=O) groups is 1. The first-order valence-corrected chi connectivity index (χ1v) is 7.74. The number of halogens is 1. The number of rotatable bonds is 4. The van der Waals surface area contributed by atoms with Crippen molar-refractivity contribution in [2.75, 3.05) is 0 Å². The van der Waals surface area contributed by atoms with Crippen LogP contribution in [0.15, 0.2) is 30.3 Å². The highest BCUT2D eigenvalue weighted by Crippen LogP contribution is 2.28. The van der Waals surface area contributed by atoms with Crippen LogP contribution in [0.2, 0.25) is 0 Å². The molecule has 0 fully saturated rings. The first-order valence-electron chi connectivity index (χ1n) is 7.31. The standard InChI is InChI=1S/C18H22ClNO/c1-11(2)15-8-6-7-9-17(15)20-12(3)10-16(14(20)5)18(21)13(4)19/h6-11,13H,1-5H3. The molecule has 0 bridgehead atoms. The van der Waals surface area contributed by atoms with E-state index in [2.05, 4.69) is 36.6 Å². The number of hydrogen-bond donors (Lipinski definition) is 0. The van der Waals surface area contributed by atoms with Crippen molar-refractivity contribution in [1.82, 2.24) is 4.57 Å². The molecule has 21 heavy (non-hydrogen) atoms. The van der Waals surface area contributed by atoms with Crippen LogP contribution in [0.3, 0.4) is 0 Å². The van der Waals surface area contributed by atoms with E-state index in [9.17, 15) is 4.79 Å². The topological polar surface area (TPSA) is 22.0 Å². The Morgan fingerprint density at radius 2 is 1.76 bits per heavy atom. The van der Waals surface area contributed by atoms with Crippen LogP contribution in [0.4, 0.5) is 0 Å². The molecule has 3 heteroatoms. The second kappa shape index (κ2) is 6.07. The monoisotopic (exact) mass is 303 g/mol. The molecule has 0 amide bonds. The van der Waals surface area contributed by atoms with Gasteiger partial charge < -0.3 is 4.57 Å². The summed E-state index contributed by atoms with van der Waals surface area (Å²) in [4.78, 5) is 12.2. The summed E-state index contributed by atoms with van der Waals surface area (Å²) < 4.78 is 2.15. The Labute approximate surface area is 131 Å². The van der Waals surface area contributed by atoms with E-state index >= 15 is 0 Å². The Balaban J connectivity index is 2.64. The molecule has 0 aliphatic rings. The van der Waals surface area contributed by atoms with Crippen molar-refractivity contribution in [3.63, 3.8) is 0 Å². The third-order valence-electron chi connectivity index (χ3n) is 3.86. The van der Waals surface area contributed by atoms with Crippen molar-refractivity contribution in [1.29, 1.82) is 0 Å². The molecule has 1 unspecified atom stereocenters. The van der Waals surface area contributed by atoms with Gasteiger partial charge in [0.25, 0.3) is 0 Å². The number of alkyl halides is 1. The molecule has 1 atom stereocenters. The average molecular weight is 304 g/mol. The van der Waals surface area contributed by atoms with Gasteiger partial charge in [-0.05, 0) is 44.4 Å². The zero-order chi connectivity index (χ0) is 15.7. The second-order valence-electron chi connectivity index (χ2n) is 5.81. The number of aromatic nitrogens is 1. The fourth-order valence-electron chi connectivity index (χ4n) is 2.78. The SMILES string of the molecule is Cc1cc(C(=O)C(C)Cl)c(C)n1-c1ccccc1C(C)C. The minimum Gasteiger partial charge on any atom is -0.317 e. The van der Waals surface area contributed by atoms with Crippen LogP contribution in [-0.2, 0) is 0 Å². The maximum Gasteiger partial charge on any atom is 0.182 e. The number of aryl methyl sites for hydroxylation is 1. The van der Waals surface area contributed by atoms with Crippen LogP contribution >= 0.6 is 11.6 Å². The highest BCUT2D eigenvalue weighted by Gasteiger charge is 2.21. The number of ketones is 1. The van der Waals surface area contributed by atoms with Gasteiger partial charge in [-0.25, -0.2) is 0 Å². The molecular formula is C18H22ClNO. The van der Waals surface area contributed by atoms with E-state index < -0.39 is 5.38 Å². The molecule has 1 aromatic carbocycles. The molecule has 112 valence electrons. The molecule has 0 radical (unpaired) electrons. The van der Waals surface area contributed by atoms with Crippen molar-refractivity contribution in [2.45, 2.75) is 45.9 Å². The predicted octanol–water partition coefficient (Wildman–Crippen LogP) is 5.03. The minimum absolute atomic E-state index is 0.0157. The lowest BCUT2D eigenvalue weighted by molar-refractivity contribution is 0.0991. The Bertz CT molecular complexity index is 668. The van der Waals surface area contributed by atoms with E-state index in [0.29, 0.717) is 11.5 Å². The molecule has 0 saturated carbocycles. The molecule has 0 aliphatic carbocycles. The summed E-state index contributed by atoms with van der Waals surface area (Å²) in [5, 5.41) is -0.501. The van der Waals surface area contributed by atoms with Crippen LogP contribution in [0.1, 0.15) is 54.0 Å². The van der Waals surface area contributed by atoms with Crippen molar-refractivity contribution in [2.24, 2.45) is 0 Å². The normalized spacial score (nSPS) is 12.7. The van der Waals surface area contributed by atoms with Gasteiger partial charge in [-0.2, -0.15) is 0 Å². The van der Waals surface area contributed by atoms with Gasteiger partial charge in [0.15, 0.2) is 5.78 Å². The number of para-hydroxylation sites is 1. The third kappa shape index (κ3) is 2.91. The molecule has 2 rings (SSSR count). The van der Waals surface area contributed by atoms with E-state index in [4.69, 9.17) is 11.6 Å². The maximum absolute atomic E-state index is 12.2. The summed E-state index contributed by atoms with van der Waals surface area (Å²) in [6.07, 6.45) is 0. The largest absolute Gasteiger partial charge is 0.317 e. The highest BCUT2D eigenvalue weighted by molar-refractivity contribution is 6.33. The lowest BCUT2D eigenvalue weighted by atomic mass is 10.0. The summed E-state index contributed by atoms with van der Waals surface area (Å²) >= 11 is 5.97. The van der Waals surface area contributed by atoms with Gasteiger partial charge in [-0.1, -0.05) is 32.0 Å². The first kappa shape index (κ1) is 15.8. The van der Waals surface area contributed by atoms with Gasteiger partial charge in [0.2, 0.25) is 0 Å². The number of hydrogen-bond acceptors (Lipinski definition) is 1. The van der Waals surface area contributed by atoms with Crippen LogP contribution in [0, 0.1) is 13.8 Å². The third-order valence-corrected chi connectivity index (χ3v) is 4.06. The zero-order valence-corrected chi connectivity index (χ0v) is 14.0. The fourth-order valence-corrected chi connectivity index (χ4v) is 2.89. The summed E-state index contributed by atoms with van der Waals surface area (Å²) in [6.45, 7) is 10.1. The lowest BCUT2D eigenvalue weighted by Gasteiger charge is -2.17. The number of carbonyl (C=O) groups excluding carboxylic acids is 1. The quantitative estimate of drug-likeness (QED) is 0.573. The van der Waals surface area contributed by atoms with Crippen molar-refractivity contribution < 1.29 is 4.79 Å². The van der Waals surface area contributed by atoms with Crippen LogP contribution in [0.25, 0.3) is 5.69 Å². The Morgan fingerprint density at radius 3 is 2.33 bits per heavy atom. The van der Waals surface area contributed by atoms with E-state index in [1.807, 2.05) is 26.0 Å². The molecule has 0 N–H and O–H groups in total. The molecule has 0 spiro atoms. The van der Waals surface area contributed by atoms with Gasteiger partial charge >= 0.3 is 0 Å². The lowest BCUT2D eigenvalue weighted by Crippen LogP contribution is -2.12. The highest BCUT2D eigenvalue weighted by atomic mass is 35.5. The van der Waals surface area contributed by atoms with Gasteiger partial charge in [0.1, 0.15) is 0 Å². The van der Waals surface area contributed by atoms with Gasteiger partial charge in [0.05, 0.1) is 5.38 Å². The van der Waals surface area contributed by atoms with Crippen LogP contribution < -0.4 is 0 Å². The zero-order valence-electron chi connectivity index (χ0n) is 13.3. The number of benzene rings is 1. The van der Waals surface area contributed by atoms with E-state index in [0.717, 1.165) is 17.1 Å². The van der Waals surface area contributed by atoms with Gasteiger partial charge in [-0.15, -0.1) is 11.6 Å². The molecule has 2 aromatic rings. The molecule has 1 heterocycles. The molecule has 2 nitrogen and oxygen atoms in total. The molecular weight excluding hydrogens is 282 g/mol. The first-order chi connectivity index (χ1) is 9.84. The average Bonchev–Trinajstić information content (AvgIpc) is 2.72. The fraction of sp³-hybridized carbons (Fsp3) is 0.389. The molecule has 0 aliphatic heterocycles.